The van der Waals surface area contributed by atoms with Crippen LogP contribution in [0.2, 0.25) is 5.02 Å². The number of rotatable bonds is 5. The van der Waals surface area contributed by atoms with Gasteiger partial charge in [0.15, 0.2) is 0 Å². The number of halogens is 2. The minimum Gasteiger partial charge on any atom is -0.492 e. The second-order valence-corrected chi connectivity index (χ2v) is 4.94. The second kappa shape index (κ2) is 7.24. The van der Waals surface area contributed by atoms with Crippen LogP contribution in [0.15, 0.2) is 36.4 Å². The molecule has 0 aliphatic rings. The van der Waals surface area contributed by atoms with Gasteiger partial charge in [0.05, 0.1) is 12.7 Å². The minimum atomic E-state index is -0.540. The van der Waals surface area contributed by atoms with Gasteiger partial charge in [0, 0.05) is 17.1 Å². The zero-order valence-corrected chi connectivity index (χ0v) is 12.7. The van der Waals surface area contributed by atoms with Gasteiger partial charge in [-0.25, -0.2) is 9.18 Å². The summed E-state index contributed by atoms with van der Waals surface area (Å²) >= 11 is 5.91. The Morgan fingerprint density at radius 2 is 2.05 bits per heavy atom. The third-order valence-electron chi connectivity index (χ3n) is 2.95. The molecule has 4 nitrogen and oxygen atoms in total. The van der Waals surface area contributed by atoms with Gasteiger partial charge in [0.2, 0.25) is 0 Å². The van der Waals surface area contributed by atoms with E-state index in [1.807, 2.05) is 0 Å². The number of benzene rings is 2. The standard InChI is InChI=1S/C16H15ClFNO3/c1-21-16(20)11-6-10(7-13(8-11)22-5-4-19)14-9-12(17)2-3-15(14)18/h2-3,6-9H,4-5,19H2,1H3. The van der Waals surface area contributed by atoms with Crippen LogP contribution in [0.1, 0.15) is 10.4 Å². The molecule has 6 heteroatoms. The summed E-state index contributed by atoms with van der Waals surface area (Å²) in [6, 6.07) is 8.87. The van der Waals surface area contributed by atoms with E-state index in [1.54, 1.807) is 6.07 Å². The largest absolute Gasteiger partial charge is 0.492 e. The van der Waals surface area contributed by atoms with Crippen molar-refractivity contribution in [1.29, 1.82) is 0 Å². The SMILES string of the molecule is COC(=O)c1cc(OCCN)cc(-c2cc(Cl)ccc2F)c1. The summed E-state index contributed by atoms with van der Waals surface area (Å²) in [6.07, 6.45) is 0. The average Bonchev–Trinajstić information content (AvgIpc) is 2.54. The van der Waals surface area contributed by atoms with Crippen molar-refractivity contribution < 1.29 is 18.7 Å². The van der Waals surface area contributed by atoms with Crippen LogP contribution in [0.3, 0.4) is 0 Å². The molecule has 0 aliphatic heterocycles. The van der Waals surface area contributed by atoms with Crippen LogP contribution in [-0.4, -0.2) is 26.2 Å². The molecule has 22 heavy (non-hydrogen) atoms. The number of methoxy groups -OCH3 is 1. The van der Waals surface area contributed by atoms with Gasteiger partial charge in [-0.2, -0.15) is 0 Å². The highest BCUT2D eigenvalue weighted by Crippen LogP contribution is 2.30. The molecule has 0 unspecified atom stereocenters. The number of hydrogen-bond acceptors (Lipinski definition) is 4. The van der Waals surface area contributed by atoms with Gasteiger partial charge in [-0.1, -0.05) is 11.6 Å². The van der Waals surface area contributed by atoms with E-state index in [4.69, 9.17) is 26.8 Å². The van der Waals surface area contributed by atoms with E-state index in [0.717, 1.165) is 0 Å². The van der Waals surface area contributed by atoms with Crippen LogP contribution in [0.4, 0.5) is 4.39 Å². The van der Waals surface area contributed by atoms with E-state index in [0.29, 0.717) is 22.9 Å². The monoisotopic (exact) mass is 323 g/mol. The molecule has 0 heterocycles. The normalized spacial score (nSPS) is 10.4. The van der Waals surface area contributed by atoms with E-state index in [2.05, 4.69) is 0 Å². The summed E-state index contributed by atoms with van der Waals surface area (Å²) in [4.78, 5) is 11.8. The van der Waals surface area contributed by atoms with Gasteiger partial charge in [0.25, 0.3) is 0 Å². The Labute approximate surface area is 132 Å². The number of carbonyl (C=O) groups is 1. The molecule has 0 saturated carbocycles. The summed E-state index contributed by atoms with van der Waals surface area (Å²) in [5, 5.41) is 0.393. The van der Waals surface area contributed by atoms with E-state index in [1.165, 1.54) is 37.4 Å². The minimum absolute atomic E-state index is 0.256. The summed E-state index contributed by atoms with van der Waals surface area (Å²) in [7, 11) is 1.27. The summed E-state index contributed by atoms with van der Waals surface area (Å²) < 4.78 is 24.2. The average molecular weight is 324 g/mol. The highest BCUT2D eigenvalue weighted by molar-refractivity contribution is 6.30. The highest BCUT2D eigenvalue weighted by Gasteiger charge is 2.13. The molecule has 2 aromatic carbocycles. The van der Waals surface area contributed by atoms with Crippen molar-refractivity contribution in [1.82, 2.24) is 0 Å². The van der Waals surface area contributed by atoms with Gasteiger partial charge in [0.1, 0.15) is 18.2 Å². The summed E-state index contributed by atoms with van der Waals surface area (Å²) in [5.74, 6) is -0.583. The number of nitrogens with two attached hydrogens (primary N) is 1. The Kier molecular flexibility index (Phi) is 5.35. The van der Waals surface area contributed by atoms with Crippen molar-refractivity contribution in [2.24, 2.45) is 5.73 Å². The van der Waals surface area contributed by atoms with Gasteiger partial charge >= 0.3 is 5.97 Å². The second-order valence-electron chi connectivity index (χ2n) is 4.50. The lowest BCUT2D eigenvalue weighted by Gasteiger charge is -2.11. The molecule has 0 atom stereocenters. The van der Waals surface area contributed by atoms with Crippen LogP contribution < -0.4 is 10.5 Å². The third kappa shape index (κ3) is 3.75. The third-order valence-corrected chi connectivity index (χ3v) is 3.19. The molecule has 0 amide bonds. The topological polar surface area (TPSA) is 61.5 Å². The Balaban J connectivity index is 2.53. The van der Waals surface area contributed by atoms with E-state index in [9.17, 15) is 9.18 Å². The zero-order valence-electron chi connectivity index (χ0n) is 11.9. The fourth-order valence-electron chi connectivity index (χ4n) is 1.97. The molecule has 0 saturated heterocycles. The number of hydrogen-bond donors (Lipinski definition) is 1. The Morgan fingerprint density at radius 1 is 1.27 bits per heavy atom. The fourth-order valence-corrected chi connectivity index (χ4v) is 2.14. The molecule has 0 bridgehead atoms. The van der Waals surface area contributed by atoms with Crippen LogP contribution in [0.5, 0.6) is 5.75 Å². The Morgan fingerprint density at radius 3 is 2.73 bits per heavy atom. The zero-order chi connectivity index (χ0) is 16.1. The van der Waals surface area contributed by atoms with Crippen molar-refractivity contribution in [2.45, 2.75) is 0 Å². The first-order chi connectivity index (χ1) is 10.5. The number of carbonyl (C=O) groups excluding carboxylic acids is 1. The molecule has 2 N–H and O–H groups in total. The molecule has 0 aliphatic carbocycles. The molecule has 2 rings (SSSR count). The predicted octanol–water partition coefficient (Wildman–Crippen LogP) is 3.27. The van der Waals surface area contributed by atoms with Gasteiger partial charge < -0.3 is 15.2 Å². The first-order valence-corrected chi connectivity index (χ1v) is 6.94. The highest BCUT2D eigenvalue weighted by atomic mass is 35.5. The maximum atomic E-state index is 14.0. The first-order valence-electron chi connectivity index (χ1n) is 6.57. The maximum Gasteiger partial charge on any atom is 0.338 e. The first kappa shape index (κ1) is 16.3. The van der Waals surface area contributed by atoms with Crippen molar-refractivity contribution in [2.75, 3.05) is 20.3 Å². The molecule has 2 aromatic rings. The fraction of sp³-hybridized carbons (Fsp3) is 0.188. The predicted molar refractivity (Wildman–Crippen MR) is 82.7 cm³/mol. The Hall–Kier alpha value is -2.11. The lowest BCUT2D eigenvalue weighted by Crippen LogP contribution is -2.11. The van der Waals surface area contributed by atoms with Gasteiger partial charge in [-0.05, 0) is 42.0 Å². The molecule has 0 fully saturated rings. The van der Waals surface area contributed by atoms with E-state index >= 15 is 0 Å². The Bertz CT molecular complexity index is 691. The molecule has 0 spiro atoms. The van der Waals surface area contributed by atoms with Crippen LogP contribution in [0.25, 0.3) is 11.1 Å². The smallest absolute Gasteiger partial charge is 0.338 e. The number of ether oxygens (including phenoxy) is 2. The lowest BCUT2D eigenvalue weighted by molar-refractivity contribution is 0.0600. The van der Waals surface area contributed by atoms with Crippen LogP contribution in [-0.2, 0) is 4.74 Å². The molecular weight excluding hydrogens is 309 g/mol. The van der Waals surface area contributed by atoms with Gasteiger partial charge in [-0.3, -0.25) is 0 Å². The van der Waals surface area contributed by atoms with E-state index in [-0.39, 0.29) is 17.7 Å². The van der Waals surface area contributed by atoms with Crippen molar-refractivity contribution in [3.05, 3.63) is 52.8 Å². The van der Waals surface area contributed by atoms with Crippen molar-refractivity contribution in [3.8, 4) is 16.9 Å². The van der Waals surface area contributed by atoms with E-state index < -0.39 is 11.8 Å². The molecule has 116 valence electrons. The molecular formula is C16H15ClFNO3. The summed E-state index contributed by atoms with van der Waals surface area (Å²) in [6.45, 7) is 0.603. The van der Waals surface area contributed by atoms with Gasteiger partial charge in [-0.15, -0.1) is 0 Å². The molecule has 0 radical (unpaired) electrons. The van der Waals surface area contributed by atoms with Crippen LogP contribution in [0, 0.1) is 5.82 Å². The van der Waals surface area contributed by atoms with Crippen molar-refractivity contribution >= 4 is 17.6 Å². The summed E-state index contributed by atoms with van der Waals surface area (Å²) in [5.41, 5.74) is 6.40. The number of esters is 1. The quantitative estimate of drug-likeness (QED) is 0.858. The van der Waals surface area contributed by atoms with Crippen LogP contribution >= 0.6 is 11.6 Å². The molecule has 0 aromatic heterocycles. The maximum absolute atomic E-state index is 14.0. The van der Waals surface area contributed by atoms with Crippen molar-refractivity contribution in [3.63, 3.8) is 0 Å². The lowest BCUT2D eigenvalue weighted by atomic mass is 10.0.